The summed E-state index contributed by atoms with van der Waals surface area (Å²) < 4.78 is 19.4. The van der Waals surface area contributed by atoms with E-state index in [1.54, 1.807) is 36.7 Å². The van der Waals surface area contributed by atoms with Crippen molar-refractivity contribution < 1.29 is 9.18 Å². The van der Waals surface area contributed by atoms with E-state index in [1.807, 2.05) is 51.8 Å². The molecule has 8 rings (SSSR count). The molecule has 0 fully saturated rings. The smallest absolute Gasteiger partial charge is 0.259 e. The number of pyridine rings is 2. The third kappa shape index (κ3) is 5.68. The van der Waals surface area contributed by atoms with E-state index in [0.29, 0.717) is 22.7 Å². The number of fused-ring (bicyclic) bond motifs is 1. The zero-order valence-corrected chi connectivity index (χ0v) is 27.4. The SMILES string of the molecule is C=Cc1ccc(NC(=O)c2ccc(-c3cnc4ccc(-c5cnn(C(c6ccccc6)(c6ccccc6)c6ccccc6)c5)cn34)cc2F)nc1. The molecule has 0 aliphatic carbocycles. The zero-order chi connectivity index (χ0) is 34.8. The summed E-state index contributed by atoms with van der Waals surface area (Å²) in [6, 6.07) is 43.1. The summed E-state index contributed by atoms with van der Waals surface area (Å²) >= 11 is 0. The first-order valence-electron chi connectivity index (χ1n) is 16.4. The molecule has 0 radical (unpaired) electrons. The van der Waals surface area contributed by atoms with Crippen LogP contribution in [0.1, 0.15) is 32.6 Å². The number of hydrogen-bond acceptors (Lipinski definition) is 4. The van der Waals surface area contributed by atoms with Crippen molar-refractivity contribution in [3.8, 4) is 22.4 Å². The Morgan fingerprint density at radius 3 is 1.92 bits per heavy atom. The maximum atomic E-state index is 15.5. The highest BCUT2D eigenvalue weighted by Crippen LogP contribution is 2.41. The number of hydrogen-bond donors (Lipinski definition) is 1. The van der Waals surface area contributed by atoms with Crippen molar-refractivity contribution in [2.75, 3.05) is 5.32 Å². The normalized spacial score (nSPS) is 11.4. The van der Waals surface area contributed by atoms with Crippen LogP contribution in [0.25, 0.3) is 34.1 Å². The maximum absolute atomic E-state index is 15.5. The van der Waals surface area contributed by atoms with Crippen LogP contribution < -0.4 is 5.32 Å². The van der Waals surface area contributed by atoms with Gasteiger partial charge in [0.05, 0.1) is 23.7 Å². The molecule has 7 nitrogen and oxygen atoms in total. The van der Waals surface area contributed by atoms with Gasteiger partial charge in [-0.05, 0) is 58.7 Å². The predicted octanol–water partition coefficient (Wildman–Crippen LogP) is 9.13. The Bertz CT molecular complexity index is 2390. The molecule has 1 amide bonds. The summed E-state index contributed by atoms with van der Waals surface area (Å²) in [7, 11) is 0. The second-order valence-electron chi connectivity index (χ2n) is 12.1. The number of benzene rings is 4. The number of nitrogens with zero attached hydrogens (tertiary/aromatic N) is 5. The number of anilines is 1. The van der Waals surface area contributed by atoms with Gasteiger partial charge in [-0.25, -0.2) is 14.4 Å². The lowest BCUT2D eigenvalue weighted by atomic mass is 9.77. The molecule has 8 aromatic rings. The van der Waals surface area contributed by atoms with Crippen LogP contribution in [0, 0.1) is 5.82 Å². The molecule has 4 aromatic heterocycles. The summed E-state index contributed by atoms with van der Waals surface area (Å²) in [6.07, 6.45) is 10.9. The van der Waals surface area contributed by atoms with E-state index >= 15 is 4.39 Å². The standard InChI is InChI=1S/C43H31FN6O/c1-2-30-18-22-40(45-25-30)48-42(51)37-21-19-31(24-38(37)44)39-27-46-41-23-20-32(28-49(39)41)33-26-47-50(29-33)43(34-12-6-3-7-13-34,35-14-8-4-9-15-35)36-16-10-5-11-17-36/h2-29H,1H2,(H,45,48,51). The molecule has 4 heterocycles. The average molecular weight is 667 g/mol. The van der Waals surface area contributed by atoms with Crippen LogP contribution in [0.3, 0.4) is 0 Å². The Labute approximate surface area is 294 Å². The number of aromatic nitrogens is 5. The minimum absolute atomic E-state index is 0.0889. The van der Waals surface area contributed by atoms with Crippen molar-refractivity contribution in [1.82, 2.24) is 24.1 Å². The first kappa shape index (κ1) is 31.3. The van der Waals surface area contributed by atoms with Crippen molar-refractivity contribution in [3.63, 3.8) is 0 Å². The van der Waals surface area contributed by atoms with Crippen LogP contribution in [0.4, 0.5) is 10.2 Å². The van der Waals surface area contributed by atoms with Crippen molar-refractivity contribution >= 4 is 23.4 Å². The molecule has 0 atom stereocenters. The number of carbonyl (C=O) groups excluding carboxylic acids is 1. The fraction of sp³-hybridized carbons (Fsp3) is 0.0233. The number of amides is 1. The van der Waals surface area contributed by atoms with Gasteiger partial charge in [0, 0.05) is 35.3 Å². The molecular formula is C43H31FN6O. The number of rotatable bonds is 9. The highest BCUT2D eigenvalue weighted by atomic mass is 19.1. The van der Waals surface area contributed by atoms with Gasteiger partial charge in [0.25, 0.3) is 5.91 Å². The third-order valence-corrected chi connectivity index (χ3v) is 9.11. The van der Waals surface area contributed by atoms with Gasteiger partial charge in [0.1, 0.15) is 22.8 Å². The summed E-state index contributed by atoms with van der Waals surface area (Å²) in [5.41, 5.74) is 6.96. The zero-order valence-electron chi connectivity index (χ0n) is 27.4. The number of halogens is 1. The molecule has 246 valence electrons. The van der Waals surface area contributed by atoms with Gasteiger partial charge in [-0.3, -0.25) is 13.9 Å². The van der Waals surface area contributed by atoms with Gasteiger partial charge in [0.2, 0.25) is 0 Å². The summed E-state index contributed by atoms with van der Waals surface area (Å²) in [5, 5.41) is 7.67. The Hall–Kier alpha value is -6.93. The van der Waals surface area contributed by atoms with E-state index in [-0.39, 0.29) is 5.56 Å². The molecule has 4 aromatic carbocycles. The molecule has 1 N–H and O–H groups in total. The molecule has 0 saturated carbocycles. The molecule has 8 heteroatoms. The van der Waals surface area contributed by atoms with Crippen LogP contribution in [-0.2, 0) is 5.54 Å². The van der Waals surface area contributed by atoms with Crippen molar-refractivity contribution in [3.05, 3.63) is 205 Å². The van der Waals surface area contributed by atoms with Gasteiger partial charge in [-0.15, -0.1) is 0 Å². The quantitative estimate of drug-likeness (QED) is 0.156. The van der Waals surface area contributed by atoms with E-state index < -0.39 is 17.3 Å². The third-order valence-electron chi connectivity index (χ3n) is 9.11. The van der Waals surface area contributed by atoms with Crippen LogP contribution in [-0.4, -0.2) is 30.1 Å². The van der Waals surface area contributed by atoms with E-state index in [0.717, 1.165) is 33.4 Å². The van der Waals surface area contributed by atoms with Gasteiger partial charge >= 0.3 is 0 Å². The summed E-state index contributed by atoms with van der Waals surface area (Å²) in [5.74, 6) is -0.924. The molecule has 51 heavy (non-hydrogen) atoms. The van der Waals surface area contributed by atoms with Crippen LogP contribution >= 0.6 is 0 Å². The Morgan fingerprint density at radius 1 is 0.686 bits per heavy atom. The largest absolute Gasteiger partial charge is 0.306 e. The van der Waals surface area contributed by atoms with Crippen LogP contribution in [0.2, 0.25) is 0 Å². The second kappa shape index (κ2) is 13.2. The molecule has 0 unspecified atom stereocenters. The molecule has 0 saturated heterocycles. The van der Waals surface area contributed by atoms with E-state index in [4.69, 9.17) is 5.10 Å². The molecule has 0 aliphatic rings. The van der Waals surface area contributed by atoms with Gasteiger partial charge in [-0.1, -0.05) is 110 Å². The minimum Gasteiger partial charge on any atom is -0.306 e. The molecule has 0 spiro atoms. The fourth-order valence-corrected chi connectivity index (χ4v) is 6.60. The lowest BCUT2D eigenvalue weighted by Crippen LogP contribution is -2.38. The predicted molar refractivity (Wildman–Crippen MR) is 199 cm³/mol. The van der Waals surface area contributed by atoms with Gasteiger partial charge in [0.15, 0.2) is 0 Å². The summed E-state index contributed by atoms with van der Waals surface area (Å²) in [6.45, 7) is 3.70. The number of nitrogens with one attached hydrogen (secondary N) is 1. The summed E-state index contributed by atoms with van der Waals surface area (Å²) in [4.78, 5) is 21.7. The fourth-order valence-electron chi connectivity index (χ4n) is 6.60. The Kier molecular flexibility index (Phi) is 8.10. The Morgan fingerprint density at radius 2 is 1.33 bits per heavy atom. The highest BCUT2D eigenvalue weighted by Gasteiger charge is 2.39. The molecule has 0 bridgehead atoms. The highest BCUT2D eigenvalue weighted by molar-refractivity contribution is 6.04. The average Bonchev–Trinajstić information content (AvgIpc) is 3.85. The second-order valence-corrected chi connectivity index (χ2v) is 12.1. The van der Waals surface area contributed by atoms with E-state index in [9.17, 15) is 4.79 Å². The lowest BCUT2D eigenvalue weighted by Gasteiger charge is -2.36. The van der Waals surface area contributed by atoms with Crippen molar-refractivity contribution in [2.24, 2.45) is 0 Å². The van der Waals surface area contributed by atoms with Crippen LogP contribution in [0.5, 0.6) is 0 Å². The van der Waals surface area contributed by atoms with Gasteiger partial charge < -0.3 is 5.32 Å². The topological polar surface area (TPSA) is 77.1 Å². The van der Waals surface area contributed by atoms with Gasteiger partial charge in [-0.2, -0.15) is 5.10 Å². The Balaban J connectivity index is 1.16. The minimum atomic E-state index is -0.747. The number of carbonyl (C=O) groups is 1. The first-order valence-corrected chi connectivity index (χ1v) is 16.4. The maximum Gasteiger partial charge on any atom is 0.259 e. The van der Waals surface area contributed by atoms with E-state index in [2.05, 4.69) is 101 Å². The number of imidazole rings is 1. The van der Waals surface area contributed by atoms with Crippen molar-refractivity contribution in [2.45, 2.75) is 5.54 Å². The monoisotopic (exact) mass is 666 g/mol. The van der Waals surface area contributed by atoms with E-state index in [1.165, 1.54) is 12.1 Å². The molecular weight excluding hydrogens is 636 g/mol. The molecule has 0 aliphatic heterocycles. The first-order chi connectivity index (χ1) is 25.0. The van der Waals surface area contributed by atoms with Crippen LogP contribution in [0.15, 0.2) is 171 Å². The lowest BCUT2D eigenvalue weighted by molar-refractivity contribution is 0.102. The van der Waals surface area contributed by atoms with Crippen molar-refractivity contribution in [1.29, 1.82) is 0 Å².